The van der Waals surface area contributed by atoms with Crippen molar-refractivity contribution in [3.8, 4) is 0 Å². The standard InChI is InChI=1S/C12H16F2OS/c1-8(2)6-16-7-11(15)9-4-3-5-10(13)12(9)14/h3-5,8,11,15H,6-7H2,1-2H3. The van der Waals surface area contributed by atoms with Gasteiger partial charge in [0.1, 0.15) is 0 Å². The van der Waals surface area contributed by atoms with E-state index in [4.69, 9.17) is 0 Å². The molecule has 0 fully saturated rings. The van der Waals surface area contributed by atoms with Crippen LogP contribution < -0.4 is 0 Å². The Morgan fingerprint density at radius 1 is 1.25 bits per heavy atom. The Labute approximate surface area is 98.9 Å². The van der Waals surface area contributed by atoms with Crippen molar-refractivity contribution >= 4 is 11.8 Å². The smallest absolute Gasteiger partial charge is 0.164 e. The van der Waals surface area contributed by atoms with E-state index < -0.39 is 17.7 Å². The SMILES string of the molecule is CC(C)CSCC(O)c1cccc(F)c1F. The van der Waals surface area contributed by atoms with Crippen molar-refractivity contribution in [2.75, 3.05) is 11.5 Å². The predicted octanol–water partition coefficient (Wildman–Crippen LogP) is 3.39. The minimum absolute atomic E-state index is 0.0382. The largest absolute Gasteiger partial charge is 0.387 e. The summed E-state index contributed by atoms with van der Waals surface area (Å²) in [6.07, 6.45) is -0.945. The van der Waals surface area contributed by atoms with Gasteiger partial charge in [-0.3, -0.25) is 0 Å². The summed E-state index contributed by atoms with van der Waals surface area (Å²) in [5.74, 6) is -0.0490. The first-order chi connectivity index (χ1) is 7.52. The molecule has 0 saturated heterocycles. The highest BCUT2D eigenvalue weighted by Gasteiger charge is 2.15. The second-order valence-electron chi connectivity index (χ2n) is 4.09. The molecule has 0 bridgehead atoms. The summed E-state index contributed by atoms with van der Waals surface area (Å²) in [4.78, 5) is 0. The summed E-state index contributed by atoms with van der Waals surface area (Å²) in [5.41, 5.74) is 0.0382. The van der Waals surface area contributed by atoms with Gasteiger partial charge in [-0.1, -0.05) is 26.0 Å². The molecule has 0 saturated carbocycles. The number of benzene rings is 1. The molecule has 0 aliphatic heterocycles. The van der Waals surface area contributed by atoms with Crippen molar-refractivity contribution in [1.29, 1.82) is 0 Å². The monoisotopic (exact) mass is 246 g/mol. The Hall–Kier alpha value is -0.610. The van der Waals surface area contributed by atoms with E-state index in [9.17, 15) is 13.9 Å². The fourth-order valence-electron chi connectivity index (χ4n) is 1.28. The van der Waals surface area contributed by atoms with Gasteiger partial charge in [-0.05, 0) is 17.7 Å². The number of thioether (sulfide) groups is 1. The lowest BCUT2D eigenvalue weighted by Crippen LogP contribution is -2.06. The summed E-state index contributed by atoms with van der Waals surface area (Å²) in [6, 6.07) is 3.87. The number of rotatable bonds is 5. The van der Waals surface area contributed by atoms with E-state index >= 15 is 0 Å². The van der Waals surface area contributed by atoms with Crippen LogP contribution in [-0.2, 0) is 0 Å². The summed E-state index contributed by atoms with van der Waals surface area (Å²) >= 11 is 1.54. The first-order valence-electron chi connectivity index (χ1n) is 5.22. The first-order valence-corrected chi connectivity index (χ1v) is 6.37. The number of aliphatic hydroxyl groups excluding tert-OH is 1. The van der Waals surface area contributed by atoms with Gasteiger partial charge in [0.05, 0.1) is 6.10 Å². The molecule has 90 valence electrons. The van der Waals surface area contributed by atoms with Crippen molar-refractivity contribution in [3.05, 3.63) is 35.4 Å². The van der Waals surface area contributed by atoms with E-state index in [2.05, 4.69) is 13.8 Å². The second-order valence-corrected chi connectivity index (χ2v) is 5.17. The van der Waals surface area contributed by atoms with E-state index in [0.717, 1.165) is 11.8 Å². The second kappa shape index (κ2) is 6.21. The van der Waals surface area contributed by atoms with Crippen LogP contribution in [0.25, 0.3) is 0 Å². The molecule has 0 aromatic heterocycles. The number of halogens is 2. The molecule has 0 amide bonds. The van der Waals surface area contributed by atoms with Crippen LogP contribution in [0.5, 0.6) is 0 Å². The lowest BCUT2D eigenvalue weighted by molar-refractivity contribution is 0.197. The topological polar surface area (TPSA) is 20.2 Å². The van der Waals surface area contributed by atoms with Crippen LogP contribution in [0.1, 0.15) is 25.5 Å². The molecule has 0 spiro atoms. The summed E-state index contributed by atoms with van der Waals surface area (Å²) in [5, 5.41) is 9.71. The lowest BCUT2D eigenvalue weighted by atomic mass is 10.1. The molecule has 1 aromatic rings. The third-order valence-corrected chi connectivity index (χ3v) is 3.52. The molecule has 0 aliphatic rings. The van der Waals surface area contributed by atoms with Crippen LogP contribution in [0.4, 0.5) is 8.78 Å². The van der Waals surface area contributed by atoms with E-state index in [1.165, 1.54) is 23.9 Å². The molecule has 0 heterocycles. The Morgan fingerprint density at radius 2 is 1.94 bits per heavy atom. The summed E-state index contributed by atoms with van der Waals surface area (Å²) in [6.45, 7) is 4.14. The minimum Gasteiger partial charge on any atom is -0.387 e. The molecular weight excluding hydrogens is 230 g/mol. The van der Waals surface area contributed by atoms with Gasteiger partial charge in [-0.25, -0.2) is 8.78 Å². The van der Waals surface area contributed by atoms with Gasteiger partial charge in [0.2, 0.25) is 0 Å². The van der Waals surface area contributed by atoms with E-state index in [-0.39, 0.29) is 5.56 Å². The van der Waals surface area contributed by atoms with Gasteiger partial charge in [-0.15, -0.1) is 0 Å². The third-order valence-electron chi connectivity index (χ3n) is 2.07. The van der Waals surface area contributed by atoms with Crippen LogP contribution in [-0.4, -0.2) is 16.6 Å². The maximum absolute atomic E-state index is 13.3. The average molecular weight is 246 g/mol. The molecular formula is C12H16F2OS. The summed E-state index contributed by atoms with van der Waals surface area (Å²) < 4.78 is 26.2. The molecule has 0 radical (unpaired) electrons. The van der Waals surface area contributed by atoms with Gasteiger partial charge in [0, 0.05) is 11.3 Å². The Balaban J connectivity index is 2.59. The normalized spacial score (nSPS) is 13.1. The molecule has 1 nitrogen and oxygen atoms in total. The average Bonchev–Trinajstić information content (AvgIpc) is 2.21. The van der Waals surface area contributed by atoms with Crippen LogP contribution in [0.15, 0.2) is 18.2 Å². The van der Waals surface area contributed by atoms with E-state index in [1.807, 2.05) is 0 Å². The Bertz CT molecular complexity index is 342. The van der Waals surface area contributed by atoms with Crippen molar-refractivity contribution in [1.82, 2.24) is 0 Å². The number of hydrogen-bond donors (Lipinski definition) is 1. The van der Waals surface area contributed by atoms with Gasteiger partial charge in [0.15, 0.2) is 11.6 Å². The zero-order valence-electron chi connectivity index (χ0n) is 9.41. The first kappa shape index (κ1) is 13.5. The quantitative estimate of drug-likeness (QED) is 0.859. The highest BCUT2D eigenvalue weighted by molar-refractivity contribution is 7.99. The maximum Gasteiger partial charge on any atom is 0.164 e. The van der Waals surface area contributed by atoms with Crippen molar-refractivity contribution in [2.45, 2.75) is 20.0 Å². The maximum atomic E-state index is 13.3. The van der Waals surface area contributed by atoms with Crippen LogP contribution in [0, 0.1) is 17.6 Å². The van der Waals surface area contributed by atoms with Crippen molar-refractivity contribution in [2.24, 2.45) is 5.92 Å². The van der Waals surface area contributed by atoms with E-state index in [0.29, 0.717) is 11.7 Å². The van der Waals surface area contributed by atoms with Crippen LogP contribution in [0.3, 0.4) is 0 Å². The molecule has 1 aromatic carbocycles. The van der Waals surface area contributed by atoms with Gasteiger partial charge in [-0.2, -0.15) is 11.8 Å². The third kappa shape index (κ3) is 3.76. The fraction of sp³-hybridized carbons (Fsp3) is 0.500. The minimum atomic E-state index is -0.945. The Morgan fingerprint density at radius 3 is 2.56 bits per heavy atom. The lowest BCUT2D eigenvalue weighted by Gasteiger charge is -2.12. The van der Waals surface area contributed by atoms with Gasteiger partial charge < -0.3 is 5.11 Å². The molecule has 1 atom stereocenters. The van der Waals surface area contributed by atoms with Gasteiger partial charge >= 0.3 is 0 Å². The number of hydrogen-bond acceptors (Lipinski definition) is 2. The molecule has 4 heteroatoms. The highest BCUT2D eigenvalue weighted by atomic mass is 32.2. The zero-order chi connectivity index (χ0) is 12.1. The number of aliphatic hydroxyl groups is 1. The van der Waals surface area contributed by atoms with E-state index in [1.54, 1.807) is 0 Å². The molecule has 1 rings (SSSR count). The zero-order valence-corrected chi connectivity index (χ0v) is 10.2. The van der Waals surface area contributed by atoms with Crippen molar-refractivity contribution in [3.63, 3.8) is 0 Å². The predicted molar refractivity (Wildman–Crippen MR) is 63.5 cm³/mol. The molecule has 0 aliphatic carbocycles. The highest BCUT2D eigenvalue weighted by Crippen LogP contribution is 2.23. The molecule has 16 heavy (non-hydrogen) atoms. The summed E-state index contributed by atoms with van der Waals surface area (Å²) in [7, 11) is 0. The fourth-order valence-corrected chi connectivity index (χ4v) is 2.29. The van der Waals surface area contributed by atoms with Crippen LogP contribution >= 0.6 is 11.8 Å². The van der Waals surface area contributed by atoms with Crippen LogP contribution in [0.2, 0.25) is 0 Å². The van der Waals surface area contributed by atoms with Gasteiger partial charge in [0.25, 0.3) is 0 Å². The molecule has 1 N–H and O–H groups in total. The molecule has 1 unspecified atom stereocenters. The van der Waals surface area contributed by atoms with Crippen molar-refractivity contribution < 1.29 is 13.9 Å². The Kier molecular flexibility index (Phi) is 5.22.